The van der Waals surface area contributed by atoms with Gasteiger partial charge in [-0.2, -0.15) is 0 Å². The van der Waals surface area contributed by atoms with Crippen LogP contribution in [0.4, 0.5) is 0 Å². The zero-order valence-corrected chi connectivity index (χ0v) is 9.80. The molecule has 90 valence electrons. The molecule has 0 saturated heterocycles. The summed E-state index contributed by atoms with van der Waals surface area (Å²) < 4.78 is 4.90. The summed E-state index contributed by atoms with van der Waals surface area (Å²) >= 11 is 0. The molecule has 2 atom stereocenters. The van der Waals surface area contributed by atoms with Crippen LogP contribution < -0.4 is 0 Å². The highest BCUT2D eigenvalue weighted by atomic mass is 16.5. The van der Waals surface area contributed by atoms with Crippen molar-refractivity contribution < 1.29 is 14.6 Å². The van der Waals surface area contributed by atoms with Gasteiger partial charge in [0.1, 0.15) is 0 Å². The molecule has 0 amide bonds. The van der Waals surface area contributed by atoms with E-state index in [0.717, 1.165) is 0 Å². The SMILES string of the molecule is C#CC[C@@H](C(=O)OCC)[C@@H](O)c1ccccc1. The molecule has 0 bridgehead atoms. The van der Waals surface area contributed by atoms with E-state index in [0.29, 0.717) is 5.56 Å². The number of benzene rings is 1. The van der Waals surface area contributed by atoms with Crippen LogP contribution in [-0.2, 0) is 9.53 Å². The number of hydrogen-bond donors (Lipinski definition) is 1. The fourth-order valence-corrected chi connectivity index (χ4v) is 1.58. The molecule has 0 saturated carbocycles. The zero-order chi connectivity index (χ0) is 12.7. The Balaban J connectivity index is 2.84. The Bertz CT molecular complexity index is 392. The highest BCUT2D eigenvalue weighted by Gasteiger charge is 2.28. The van der Waals surface area contributed by atoms with Crippen LogP contribution in [0, 0.1) is 18.3 Å². The lowest BCUT2D eigenvalue weighted by Gasteiger charge is -2.19. The minimum atomic E-state index is -0.925. The molecular formula is C14H16O3. The first-order valence-corrected chi connectivity index (χ1v) is 5.53. The lowest BCUT2D eigenvalue weighted by atomic mass is 9.93. The Hall–Kier alpha value is -1.79. The fraction of sp³-hybridized carbons (Fsp3) is 0.357. The molecule has 3 nitrogen and oxygen atoms in total. The van der Waals surface area contributed by atoms with Crippen molar-refractivity contribution >= 4 is 5.97 Å². The first-order chi connectivity index (χ1) is 8.20. The highest BCUT2D eigenvalue weighted by molar-refractivity contribution is 5.73. The number of ether oxygens (including phenoxy) is 1. The van der Waals surface area contributed by atoms with Crippen LogP contribution >= 0.6 is 0 Å². The predicted molar refractivity (Wildman–Crippen MR) is 65.0 cm³/mol. The van der Waals surface area contributed by atoms with E-state index in [9.17, 15) is 9.90 Å². The van der Waals surface area contributed by atoms with Crippen molar-refractivity contribution in [3.8, 4) is 12.3 Å². The predicted octanol–water partition coefficient (Wildman–Crippen LogP) is 1.92. The molecule has 0 fully saturated rings. The Morgan fingerprint density at radius 3 is 2.65 bits per heavy atom. The van der Waals surface area contributed by atoms with Crippen LogP contribution in [0.5, 0.6) is 0 Å². The number of esters is 1. The number of aliphatic hydroxyl groups excluding tert-OH is 1. The van der Waals surface area contributed by atoms with Gasteiger partial charge in [-0.15, -0.1) is 12.3 Å². The fourth-order valence-electron chi connectivity index (χ4n) is 1.58. The molecule has 0 aliphatic carbocycles. The molecular weight excluding hydrogens is 216 g/mol. The van der Waals surface area contributed by atoms with Crippen LogP contribution in [-0.4, -0.2) is 17.7 Å². The smallest absolute Gasteiger partial charge is 0.312 e. The maximum absolute atomic E-state index is 11.7. The summed E-state index contributed by atoms with van der Waals surface area (Å²) in [6.07, 6.45) is 4.45. The second kappa shape index (κ2) is 6.72. The summed E-state index contributed by atoms with van der Waals surface area (Å²) in [6.45, 7) is 2.00. The van der Waals surface area contributed by atoms with Crippen LogP contribution in [0.2, 0.25) is 0 Å². The van der Waals surface area contributed by atoms with E-state index in [2.05, 4.69) is 5.92 Å². The zero-order valence-electron chi connectivity index (χ0n) is 9.80. The van der Waals surface area contributed by atoms with Gasteiger partial charge >= 0.3 is 5.97 Å². The Labute approximate surface area is 101 Å². The number of terminal acetylenes is 1. The third-order valence-corrected chi connectivity index (χ3v) is 2.45. The lowest BCUT2D eigenvalue weighted by Crippen LogP contribution is -2.24. The van der Waals surface area contributed by atoms with Crippen LogP contribution in [0.1, 0.15) is 25.0 Å². The van der Waals surface area contributed by atoms with Crippen molar-refractivity contribution in [1.82, 2.24) is 0 Å². The standard InChI is InChI=1S/C14H16O3/c1-3-8-12(14(16)17-4-2)13(15)11-9-6-5-7-10-11/h1,5-7,9-10,12-13,15H,4,8H2,2H3/t12-,13+/m1/s1. The minimum Gasteiger partial charge on any atom is -0.466 e. The quantitative estimate of drug-likeness (QED) is 0.623. The van der Waals surface area contributed by atoms with Crippen molar-refractivity contribution in [3.63, 3.8) is 0 Å². The second-order valence-electron chi connectivity index (χ2n) is 3.62. The molecule has 0 aliphatic heterocycles. The molecule has 17 heavy (non-hydrogen) atoms. The van der Waals surface area contributed by atoms with Gasteiger partial charge in [-0.25, -0.2) is 0 Å². The number of rotatable bonds is 5. The van der Waals surface area contributed by atoms with Gasteiger partial charge in [-0.3, -0.25) is 4.79 Å². The van der Waals surface area contributed by atoms with Crippen molar-refractivity contribution in [3.05, 3.63) is 35.9 Å². The van der Waals surface area contributed by atoms with Crippen molar-refractivity contribution in [2.24, 2.45) is 5.92 Å². The average Bonchev–Trinajstić information content (AvgIpc) is 2.36. The van der Waals surface area contributed by atoms with E-state index < -0.39 is 18.0 Å². The molecule has 0 spiro atoms. The molecule has 0 aromatic heterocycles. The Morgan fingerprint density at radius 2 is 2.12 bits per heavy atom. The third-order valence-electron chi connectivity index (χ3n) is 2.45. The first kappa shape index (κ1) is 13.3. The van der Waals surface area contributed by atoms with E-state index in [4.69, 9.17) is 11.2 Å². The van der Waals surface area contributed by atoms with Gasteiger partial charge in [0.25, 0.3) is 0 Å². The van der Waals surface area contributed by atoms with E-state index in [1.165, 1.54) is 0 Å². The van der Waals surface area contributed by atoms with E-state index >= 15 is 0 Å². The maximum atomic E-state index is 11.7. The van der Waals surface area contributed by atoms with E-state index in [1.54, 1.807) is 31.2 Å². The largest absolute Gasteiger partial charge is 0.466 e. The van der Waals surface area contributed by atoms with Gasteiger partial charge in [0.05, 0.1) is 18.6 Å². The van der Waals surface area contributed by atoms with Gasteiger partial charge in [-0.05, 0) is 12.5 Å². The van der Waals surface area contributed by atoms with E-state index in [-0.39, 0.29) is 13.0 Å². The molecule has 3 heteroatoms. The summed E-state index contributed by atoms with van der Waals surface area (Å²) in [4.78, 5) is 11.7. The number of carbonyl (C=O) groups is 1. The van der Waals surface area contributed by atoms with Crippen LogP contribution in [0.3, 0.4) is 0 Å². The summed E-state index contributed by atoms with van der Waals surface area (Å²) in [7, 11) is 0. The lowest BCUT2D eigenvalue weighted by molar-refractivity contribution is -0.152. The summed E-state index contributed by atoms with van der Waals surface area (Å²) in [5.41, 5.74) is 0.667. The molecule has 0 radical (unpaired) electrons. The number of aliphatic hydroxyl groups is 1. The summed E-state index contributed by atoms with van der Waals surface area (Å²) in [5.74, 6) is 1.23. The molecule has 1 rings (SSSR count). The molecule has 0 heterocycles. The maximum Gasteiger partial charge on any atom is 0.312 e. The third kappa shape index (κ3) is 3.61. The van der Waals surface area contributed by atoms with Crippen molar-refractivity contribution in [2.75, 3.05) is 6.61 Å². The van der Waals surface area contributed by atoms with Crippen molar-refractivity contribution in [2.45, 2.75) is 19.4 Å². The first-order valence-electron chi connectivity index (χ1n) is 5.53. The molecule has 0 aliphatic rings. The highest BCUT2D eigenvalue weighted by Crippen LogP contribution is 2.25. The number of carbonyl (C=O) groups excluding carboxylic acids is 1. The number of hydrogen-bond acceptors (Lipinski definition) is 3. The van der Waals surface area contributed by atoms with Crippen LogP contribution in [0.25, 0.3) is 0 Å². The summed E-state index contributed by atoms with van der Waals surface area (Å²) in [5, 5.41) is 10.1. The molecule has 1 aromatic rings. The molecule has 1 aromatic carbocycles. The minimum absolute atomic E-state index is 0.162. The Morgan fingerprint density at radius 1 is 1.47 bits per heavy atom. The van der Waals surface area contributed by atoms with Gasteiger partial charge < -0.3 is 9.84 Å². The van der Waals surface area contributed by atoms with E-state index in [1.807, 2.05) is 6.07 Å². The van der Waals surface area contributed by atoms with Crippen LogP contribution in [0.15, 0.2) is 30.3 Å². The second-order valence-corrected chi connectivity index (χ2v) is 3.62. The molecule has 1 N–H and O–H groups in total. The van der Waals surface area contributed by atoms with Gasteiger partial charge in [0.15, 0.2) is 0 Å². The molecule has 0 unspecified atom stereocenters. The Kier molecular flexibility index (Phi) is 5.25. The monoisotopic (exact) mass is 232 g/mol. The topological polar surface area (TPSA) is 46.5 Å². The summed E-state index contributed by atoms with van der Waals surface area (Å²) in [6, 6.07) is 8.96. The van der Waals surface area contributed by atoms with Crippen molar-refractivity contribution in [1.29, 1.82) is 0 Å². The van der Waals surface area contributed by atoms with Gasteiger partial charge in [-0.1, -0.05) is 30.3 Å². The van der Waals surface area contributed by atoms with Gasteiger partial charge in [0.2, 0.25) is 0 Å². The average molecular weight is 232 g/mol. The normalized spacial score (nSPS) is 13.5. The van der Waals surface area contributed by atoms with Gasteiger partial charge in [0, 0.05) is 6.42 Å².